The number of benzene rings is 3. The molecule has 0 aliphatic carbocycles. The van der Waals surface area contributed by atoms with Crippen LogP contribution < -0.4 is 19.5 Å². The lowest BCUT2D eigenvalue weighted by Gasteiger charge is -2.12. The van der Waals surface area contributed by atoms with Crippen LogP contribution in [0.5, 0.6) is 17.2 Å². The molecular weight excluding hydrogens is 458 g/mol. The lowest BCUT2D eigenvalue weighted by Crippen LogP contribution is -2.28. The minimum atomic E-state index is -0.573. The summed E-state index contributed by atoms with van der Waals surface area (Å²) in [4.78, 5) is 12.5. The lowest BCUT2D eigenvalue weighted by molar-refractivity contribution is 0.200. The van der Waals surface area contributed by atoms with Crippen molar-refractivity contribution in [3.8, 4) is 34.1 Å². The number of tetrazole rings is 1. The molecule has 1 N–H and O–H groups in total. The Balaban J connectivity index is 1.46. The first-order chi connectivity index (χ1) is 16.6. The zero-order valence-corrected chi connectivity index (χ0v) is 19.3. The van der Waals surface area contributed by atoms with Gasteiger partial charge in [-0.05, 0) is 69.9 Å². The van der Waals surface area contributed by atoms with Gasteiger partial charge in [0.1, 0.15) is 12.1 Å². The summed E-state index contributed by atoms with van der Waals surface area (Å²) in [5.74, 6) is 1.64. The van der Waals surface area contributed by atoms with Crippen LogP contribution in [0.2, 0.25) is 5.02 Å². The fourth-order valence-electron chi connectivity index (χ4n) is 3.35. The van der Waals surface area contributed by atoms with Crippen molar-refractivity contribution in [2.75, 3.05) is 20.8 Å². The molecule has 0 unspecified atom stereocenters. The number of hydrogen-bond donors (Lipinski definition) is 1. The minimum Gasteiger partial charge on any atom is -0.493 e. The monoisotopic (exact) mass is 479 g/mol. The molecule has 4 aromatic rings. The fourth-order valence-corrected chi connectivity index (χ4v) is 3.48. The highest BCUT2D eigenvalue weighted by molar-refractivity contribution is 6.30. The Morgan fingerprint density at radius 2 is 1.76 bits per heavy atom. The summed E-state index contributed by atoms with van der Waals surface area (Å²) in [5.41, 5.74) is 3.35. The maximum Gasteiger partial charge on any atom is 0.412 e. The van der Waals surface area contributed by atoms with Gasteiger partial charge in [-0.2, -0.15) is 0 Å². The molecule has 4 rings (SSSR count). The van der Waals surface area contributed by atoms with Gasteiger partial charge in [0.25, 0.3) is 0 Å². The Morgan fingerprint density at radius 3 is 2.47 bits per heavy atom. The van der Waals surface area contributed by atoms with Crippen molar-refractivity contribution in [1.82, 2.24) is 25.5 Å². The van der Waals surface area contributed by atoms with E-state index in [1.165, 1.54) is 11.0 Å². The average molecular weight is 480 g/mol. The first-order valence-corrected chi connectivity index (χ1v) is 10.7. The molecule has 3 aromatic carbocycles. The Labute approximate surface area is 201 Å². The third kappa shape index (κ3) is 5.62. The third-order valence-electron chi connectivity index (χ3n) is 5.02. The van der Waals surface area contributed by atoms with Gasteiger partial charge >= 0.3 is 6.09 Å². The van der Waals surface area contributed by atoms with Crippen LogP contribution >= 0.6 is 11.6 Å². The number of aromatic nitrogens is 4. The van der Waals surface area contributed by atoms with Crippen molar-refractivity contribution >= 4 is 17.7 Å². The summed E-state index contributed by atoms with van der Waals surface area (Å²) in [6, 6.07) is 18.3. The van der Waals surface area contributed by atoms with Crippen LogP contribution in [0, 0.1) is 0 Å². The molecule has 34 heavy (non-hydrogen) atoms. The van der Waals surface area contributed by atoms with E-state index < -0.39 is 6.09 Å². The molecule has 0 aliphatic rings. The largest absolute Gasteiger partial charge is 0.493 e. The van der Waals surface area contributed by atoms with Gasteiger partial charge in [-0.1, -0.05) is 29.8 Å². The Kier molecular flexibility index (Phi) is 7.24. The van der Waals surface area contributed by atoms with Gasteiger partial charge in [0.15, 0.2) is 11.5 Å². The van der Waals surface area contributed by atoms with Crippen molar-refractivity contribution in [2.24, 2.45) is 0 Å². The van der Waals surface area contributed by atoms with Gasteiger partial charge < -0.3 is 19.5 Å². The molecule has 0 atom stereocenters. The summed E-state index contributed by atoms with van der Waals surface area (Å²) < 4.78 is 17.6. The molecular formula is C24H22ClN5O4. The maximum atomic E-state index is 12.5. The topological polar surface area (TPSA) is 100 Å². The second-order valence-electron chi connectivity index (χ2n) is 7.23. The maximum absolute atomic E-state index is 12.5. The van der Waals surface area contributed by atoms with Crippen LogP contribution in [-0.4, -0.2) is 47.1 Å². The minimum absolute atomic E-state index is 0.349. The van der Waals surface area contributed by atoms with Gasteiger partial charge in [0.05, 0.1) is 19.9 Å². The number of nitrogens with one attached hydrogen (secondary N) is 1. The predicted octanol–water partition coefficient (Wildman–Crippen LogP) is 4.33. The van der Waals surface area contributed by atoms with E-state index in [9.17, 15) is 4.79 Å². The van der Waals surface area contributed by atoms with Crippen LogP contribution in [0.3, 0.4) is 0 Å². The zero-order valence-electron chi connectivity index (χ0n) is 18.6. The molecule has 1 amide bonds. The van der Waals surface area contributed by atoms with Gasteiger partial charge in [-0.25, -0.2) is 9.48 Å². The van der Waals surface area contributed by atoms with Gasteiger partial charge in [0, 0.05) is 17.6 Å². The summed E-state index contributed by atoms with van der Waals surface area (Å²) in [5, 5.41) is 14.7. The van der Waals surface area contributed by atoms with E-state index >= 15 is 0 Å². The van der Waals surface area contributed by atoms with Crippen molar-refractivity contribution in [1.29, 1.82) is 0 Å². The summed E-state index contributed by atoms with van der Waals surface area (Å²) in [6.45, 7) is 0.380. The first-order valence-electron chi connectivity index (χ1n) is 10.4. The van der Waals surface area contributed by atoms with Crippen molar-refractivity contribution < 1.29 is 19.0 Å². The van der Waals surface area contributed by atoms with Gasteiger partial charge in [-0.3, -0.25) is 0 Å². The quantitative estimate of drug-likeness (QED) is 0.401. The number of carbonyl (C=O) groups excluding carboxylic acids is 1. The summed E-state index contributed by atoms with van der Waals surface area (Å²) in [7, 11) is 3.17. The zero-order chi connectivity index (χ0) is 23.9. The number of nitrogens with zero attached hydrogens (tertiary/aromatic N) is 4. The van der Waals surface area contributed by atoms with Crippen molar-refractivity contribution in [3.05, 3.63) is 77.6 Å². The van der Waals surface area contributed by atoms with Crippen LogP contribution in [0.15, 0.2) is 67.0 Å². The SMILES string of the molecule is COc1ccc(CCNC(=O)Oc2cc(-c3ccc(Cl)cc3)cc(-n3cnnn3)c2)cc1OC. The second-order valence-corrected chi connectivity index (χ2v) is 7.67. The summed E-state index contributed by atoms with van der Waals surface area (Å²) >= 11 is 6.02. The second kappa shape index (κ2) is 10.7. The van der Waals surface area contributed by atoms with E-state index in [0.29, 0.717) is 40.9 Å². The smallest absolute Gasteiger partial charge is 0.412 e. The van der Waals surface area contributed by atoms with Crippen LogP contribution in [-0.2, 0) is 6.42 Å². The molecule has 9 nitrogen and oxygen atoms in total. The highest BCUT2D eigenvalue weighted by atomic mass is 35.5. The predicted molar refractivity (Wildman–Crippen MR) is 127 cm³/mol. The third-order valence-corrected chi connectivity index (χ3v) is 5.28. The molecule has 0 radical (unpaired) electrons. The summed E-state index contributed by atoms with van der Waals surface area (Å²) in [6.07, 6.45) is 1.49. The van der Waals surface area contributed by atoms with Crippen LogP contribution in [0.25, 0.3) is 16.8 Å². The van der Waals surface area contributed by atoms with Crippen molar-refractivity contribution in [3.63, 3.8) is 0 Å². The first kappa shape index (κ1) is 23.1. The molecule has 0 saturated heterocycles. The fraction of sp³-hybridized carbons (Fsp3) is 0.167. The van der Waals surface area contributed by atoms with E-state index in [4.69, 9.17) is 25.8 Å². The number of amides is 1. The Bertz CT molecular complexity index is 1260. The highest BCUT2D eigenvalue weighted by Gasteiger charge is 2.11. The number of carbonyl (C=O) groups is 1. The van der Waals surface area contributed by atoms with Crippen LogP contribution in [0.1, 0.15) is 5.56 Å². The molecule has 0 fully saturated rings. The molecule has 174 valence electrons. The number of halogens is 1. The standard InChI is InChI=1S/C24H22ClN5O4/c1-32-22-8-3-16(11-23(22)33-2)9-10-26-24(31)34-21-13-18(17-4-6-19(25)7-5-17)12-20(14-21)30-15-27-28-29-30/h3-8,11-15H,9-10H2,1-2H3,(H,26,31). The number of hydrogen-bond acceptors (Lipinski definition) is 7. The normalized spacial score (nSPS) is 10.6. The molecule has 0 aliphatic heterocycles. The van der Waals surface area contributed by atoms with Gasteiger partial charge in [0.2, 0.25) is 0 Å². The average Bonchev–Trinajstić information content (AvgIpc) is 3.39. The molecule has 0 bridgehead atoms. The number of rotatable bonds is 8. The van der Waals surface area contributed by atoms with Gasteiger partial charge in [-0.15, -0.1) is 5.10 Å². The molecule has 0 saturated carbocycles. The molecule has 1 aromatic heterocycles. The van der Waals surface area contributed by atoms with Crippen LogP contribution in [0.4, 0.5) is 4.79 Å². The van der Waals surface area contributed by atoms with E-state index in [1.807, 2.05) is 36.4 Å². The Hall–Kier alpha value is -4.11. The van der Waals surface area contributed by atoms with E-state index in [0.717, 1.165) is 16.7 Å². The molecule has 1 heterocycles. The molecule has 0 spiro atoms. The van der Waals surface area contributed by atoms with Crippen molar-refractivity contribution in [2.45, 2.75) is 6.42 Å². The number of methoxy groups -OCH3 is 2. The number of ether oxygens (including phenoxy) is 3. The van der Waals surface area contributed by atoms with E-state index in [-0.39, 0.29) is 0 Å². The Morgan fingerprint density at radius 1 is 0.971 bits per heavy atom. The lowest BCUT2D eigenvalue weighted by atomic mass is 10.0. The highest BCUT2D eigenvalue weighted by Crippen LogP contribution is 2.29. The molecule has 10 heteroatoms. The van der Waals surface area contributed by atoms with E-state index in [1.54, 1.807) is 38.5 Å². The van der Waals surface area contributed by atoms with E-state index in [2.05, 4.69) is 20.8 Å².